The summed E-state index contributed by atoms with van der Waals surface area (Å²) >= 11 is 0. The number of aryl methyl sites for hydroxylation is 1. The molecule has 0 spiro atoms. The van der Waals surface area contributed by atoms with Crippen LogP contribution in [0.15, 0.2) is 6.20 Å². The highest BCUT2D eigenvalue weighted by Crippen LogP contribution is 2.06. The highest BCUT2D eigenvalue weighted by molar-refractivity contribution is 5.67. The van der Waals surface area contributed by atoms with Crippen LogP contribution in [0.4, 0.5) is 4.79 Å². The summed E-state index contributed by atoms with van der Waals surface area (Å²) in [6, 6.07) is 0. The quantitative estimate of drug-likeness (QED) is 0.273. The van der Waals surface area contributed by atoms with Crippen molar-refractivity contribution in [2.75, 3.05) is 59.4 Å². The molecule has 11 heteroatoms. The summed E-state index contributed by atoms with van der Waals surface area (Å²) in [5, 5.41) is 19.6. The van der Waals surface area contributed by atoms with Gasteiger partial charge in [0.25, 0.3) is 0 Å². The van der Waals surface area contributed by atoms with Gasteiger partial charge in [-0.25, -0.2) is 4.79 Å². The molecular weight excluding hydrogens is 432 g/mol. The van der Waals surface area contributed by atoms with Crippen LogP contribution >= 0.6 is 0 Å². The maximum Gasteiger partial charge on any atom is 0.407 e. The van der Waals surface area contributed by atoms with Crippen LogP contribution in [0.1, 0.15) is 52.1 Å². The summed E-state index contributed by atoms with van der Waals surface area (Å²) in [5.74, 6) is 0. The molecule has 0 unspecified atom stereocenters. The van der Waals surface area contributed by atoms with Crippen molar-refractivity contribution in [1.29, 1.82) is 0 Å². The Morgan fingerprint density at radius 1 is 0.939 bits per heavy atom. The van der Waals surface area contributed by atoms with Gasteiger partial charge in [0.05, 0.1) is 59.1 Å². The first kappa shape index (κ1) is 29.2. The number of nitrogens with zero attached hydrogens (tertiary/aromatic N) is 3. The summed E-state index contributed by atoms with van der Waals surface area (Å²) in [7, 11) is 0. The number of aromatic nitrogens is 3. The smallest absolute Gasteiger partial charge is 0.407 e. The molecule has 192 valence electrons. The van der Waals surface area contributed by atoms with Gasteiger partial charge in [-0.2, -0.15) is 0 Å². The predicted octanol–water partition coefficient (Wildman–Crippen LogP) is 1.92. The molecule has 0 radical (unpaired) electrons. The third-order valence-corrected chi connectivity index (χ3v) is 4.16. The Morgan fingerprint density at radius 3 is 2.18 bits per heavy atom. The van der Waals surface area contributed by atoms with Crippen LogP contribution in [-0.4, -0.2) is 91.2 Å². The van der Waals surface area contributed by atoms with Gasteiger partial charge in [0.2, 0.25) is 0 Å². The normalized spacial score (nSPS) is 11.6. The van der Waals surface area contributed by atoms with Gasteiger partial charge in [-0.05, 0) is 33.6 Å². The monoisotopic (exact) mass is 474 g/mol. The maximum absolute atomic E-state index is 11.4. The molecule has 1 heterocycles. The molecule has 0 aliphatic heterocycles. The number of ether oxygens (including phenoxy) is 5. The molecule has 2 N–H and O–H groups in total. The van der Waals surface area contributed by atoms with Crippen molar-refractivity contribution in [1.82, 2.24) is 20.3 Å². The molecule has 0 atom stereocenters. The molecule has 0 aliphatic rings. The summed E-state index contributed by atoms with van der Waals surface area (Å²) in [6.45, 7) is 10.6. The Labute approximate surface area is 197 Å². The Morgan fingerprint density at radius 2 is 1.55 bits per heavy atom. The second-order valence-electron chi connectivity index (χ2n) is 8.43. The van der Waals surface area contributed by atoms with Gasteiger partial charge in [-0.15, -0.1) is 5.10 Å². The van der Waals surface area contributed by atoms with Crippen molar-refractivity contribution in [2.24, 2.45) is 0 Å². The second kappa shape index (κ2) is 18.6. The average molecular weight is 475 g/mol. The van der Waals surface area contributed by atoms with Crippen molar-refractivity contribution >= 4 is 6.09 Å². The van der Waals surface area contributed by atoms with E-state index in [1.165, 1.54) is 0 Å². The summed E-state index contributed by atoms with van der Waals surface area (Å²) in [4.78, 5) is 11.4. The lowest BCUT2D eigenvalue weighted by molar-refractivity contribution is -0.00440. The van der Waals surface area contributed by atoms with Crippen LogP contribution in [0.3, 0.4) is 0 Å². The first-order valence-electron chi connectivity index (χ1n) is 11.7. The zero-order valence-corrected chi connectivity index (χ0v) is 20.4. The Hall–Kier alpha value is -1.79. The average Bonchev–Trinajstić information content (AvgIpc) is 3.20. The van der Waals surface area contributed by atoms with E-state index in [9.17, 15) is 4.79 Å². The van der Waals surface area contributed by atoms with E-state index in [-0.39, 0.29) is 6.61 Å². The van der Waals surface area contributed by atoms with Crippen LogP contribution in [0.5, 0.6) is 0 Å². The van der Waals surface area contributed by atoms with E-state index in [0.29, 0.717) is 59.4 Å². The number of carbonyl (C=O) groups excluding carboxylic acids is 1. The number of aliphatic hydroxyl groups is 1. The van der Waals surface area contributed by atoms with Gasteiger partial charge in [-0.3, -0.25) is 4.68 Å². The highest BCUT2D eigenvalue weighted by atomic mass is 16.6. The summed E-state index contributed by atoms with van der Waals surface area (Å²) in [5.41, 5.74) is 0.297. The summed E-state index contributed by atoms with van der Waals surface area (Å²) < 4.78 is 28.8. The van der Waals surface area contributed by atoms with Crippen LogP contribution < -0.4 is 5.32 Å². The number of aliphatic hydroxyl groups excluding tert-OH is 1. The molecule has 0 saturated heterocycles. The van der Waals surface area contributed by atoms with Gasteiger partial charge in [-0.1, -0.05) is 18.1 Å². The van der Waals surface area contributed by atoms with Crippen LogP contribution in [-0.2, 0) is 36.8 Å². The topological polar surface area (TPSA) is 126 Å². The number of hydrogen-bond donors (Lipinski definition) is 2. The molecule has 0 saturated carbocycles. The number of nitrogens with one attached hydrogen (secondary N) is 1. The standard InChI is InChI=1S/C22H42N4O7/c1-22(2,3)33-21(28)23-8-11-29-12-13-30-14-15-31-16-17-32-19-20-18-26(25-24-20)9-6-4-5-7-10-27/h18,27H,4-17,19H2,1-3H3,(H,23,28). The van der Waals surface area contributed by atoms with Gasteiger partial charge < -0.3 is 34.1 Å². The fourth-order valence-electron chi connectivity index (χ4n) is 2.63. The van der Waals surface area contributed by atoms with Gasteiger partial charge in [0.1, 0.15) is 11.3 Å². The first-order valence-corrected chi connectivity index (χ1v) is 11.7. The van der Waals surface area contributed by atoms with E-state index in [4.69, 9.17) is 28.8 Å². The second-order valence-corrected chi connectivity index (χ2v) is 8.43. The number of rotatable bonds is 20. The maximum atomic E-state index is 11.4. The number of unbranched alkanes of at least 4 members (excludes halogenated alkanes) is 3. The lowest BCUT2D eigenvalue weighted by atomic mass is 10.2. The molecular formula is C22H42N4O7. The fourth-order valence-corrected chi connectivity index (χ4v) is 2.63. The Balaban J connectivity index is 1.83. The van der Waals surface area contributed by atoms with Crippen molar-refractivity contribution in [2.45, 2.75) is 65.2 Å². The van der Waals surface area contributed by atoms with Gasteiger partial charge in [0.15, 0.2) is 0 Å². The van der Waals surface area contributed by atoms with Crippen LogP contribution in [0.2, 0.25) is 0 Å². The van der Waals surface area contributed by atoms with Gasteiger partial charge >= 0.3 is 6.09 Å². The van der Waals surface area contributed by atoms with E-state index >= 15 is 0 Å². The molecule has 0 fully saturated rings. The summed E-state index contributed by atoms with van der Waals surface area (Å²) in [6.07, 6.45) is 5.45. The van der Waals surface area contributed by atoms with E-state index < -0.39 is 11.7 Å². The van der Waals surface area contributed by atoms with Crippen LogP contribution in [0.25, 0.3) is 0 Å². The zero-order valence-electron chi connectivity index (χ0n) is 20.4. The Kier molecular flexibility index (Phi) is 16.5. The lowest BCUT2D eigenvalue weighted by Crippen LogP contribution is -2.34. The third-order valence-electron chi connectivity index (χ3n) is 4.16. The molecule has 1 aromatic heterocycles. The minimum absolute atomic E-state index is 0.258. The first-order chi connectivity index (χ1) is 15.9. The van der Waals surface area contributed by atoms with E-state index in [0.717, 1.165) is 37.9 Å². The number of amides is 1. The molecule has 11 nitrogen and oxygen atoms in total. The zero-order chi connectivity index (χ0) is 24.2. The molecule has 1 rings (SSSR count). The molecule has 0 aromatic carbocycles. The molecule has 1 amide bonds. The molecule has 0 bridgehead atoms. The molecule has 0 aliphatic carbocycles. The minimum Gasteiger partial charge on any atom is -0.444 e. The molecule has 1 aromatic rings. The number of carbonyl (C=O) groups is 1. The number of alkyl carbamates (subject to hydrolysis) is 1. The predicted molar refractivity (Wildman–Crippen MR) is 122 cm³/mol. The molecule has 33 heavy (non-hydrogen) atoms. The van der Waals surface area contributed by atoms with Crippen molar-refractivity contribution in [3.63, 3.8) is 0 Å². The van der Waals surface area contributed by atoms with E-state index in [1.807, 2.05) is 31.6 Å². The fraction of sp³-hybridized carbons (Fsp3) is 0.864. The van der Waals surface area contributed by atoms with Crippen molar-refractivity contribution in [3.8, 4) is 0 Å². The van der Waals surface area contributed by atoms with Crippen molar-refractivity contribution < 1.29 is 33.6 Å². The Bertz CT molecular complexity index is 608. The SMILES string of the molecule is CC(C)(C)OC(=O)NCCOCCOCCOCCOCc1cn(CCCCCCO)nn1. The number of hydrogen-bond acceptors (Lipinski definition) is 9. The van der Waals surface area contributed by atoms with E-state index in [1.54, 1.807) is 0 Å². The highest BCUT2D eigenvalue weighted by Gasteiger charge is 2.15. The third kappa shape index (κ3) is 18.3. The lowest BCUT2D eigenvalue weighted by Gasteiger charge is -2.19. The largest absolute Gasteiger partial charge is 0.444 e. The van der Waals surface area contributed by atoms with E-state index in [2.05, 4.69) is 15.6 Å². The van der Waals surface area contributed by atoms with Crippen LogP contribution in [0, 0.1) is 0 Å². The van der Waals surface area contributed by atoms with Gasteiger partial charge in [0, 0.05) is 19.7 Å². The minimum atomic E-state index is -0.504. The van der Waals surface area contributed by atoms with Crippen molar-refractivity contribution in [3.05, 3.63) is 11.9 Å².